The van der Waals surface area contributed by atoms with Gasteiger partial charge < -0.3 is 4.74 Å². The second kappa shape index (κ2) is 13.2. The summed E-state index contributed by atoms with van der Waals surface area (Å²) in [6, 6.07) is 0. The Morgan fingerprint density at radius 1 is 0.950 bits per heavy atom. The molecule has 0 aliphatic carbocycles. The van der Waals surface area contributed by atoms with Gasteiger partial charge in [0.05, 0.1) is 6.61 Å². The van der Waals surface area contributed by atoms with Gasteiger partial charge in [0.2, 0.25) is 0 Å². The normalized spacial score (nSPS) is 12.2. The van der Waals surface area contributed by atoms with Crippen molar-refractivity contribution in [3.8, 4) is 0 Å². The molecule has 0 saturated heterocycles. The summed E-state index contributed by atoms with van der Waals surface area (Å²) in [6.07, 6.45) is 12.8. The van der Waals surface area contributed by atoms with Crippen LogP contribution in [0.1, 0.15) is 85.0 Å². The molecule has 20 heavy (non-hydrogen) atoms. The second-order valence-electron chi connectivity index (χ2n) is 5.92. The summed E-state index contributed by atoms with van der Waals surface area (Å²) in [5.41, 5.74) is 0.493. The van der Waals surface area contributed by atoms with Gasteiger partial charge in [0.25, 0.3) is 0 Å². The third kappa shape index (κ3) is 11.1. The zero-order valence-corrected chi connectivity index (χ0v) is 13.9. The SMILES string of the molecule is C=C(C)C(=O)OCCCC(CCCC)CCCCCC. The zero-order valence-electron chi connectivity index (χ0n) is 13.9. The van der Waals surface area contributed by atoms with E-state index in [1.807, 2.05) is 0 Å². The minimum absolute atomic E-state index is 0.252. The highest BCUT2D eigenvalue weighted by atomic mass is 16.5. The van der Waals surface area contributed by atoms with E-state index in [1.54, 1.807) is 6.92 Å². The predicted octanol–water partition coefficient (Wildman–Crippen LogP) is 5.66. The molecule has 0 bridgehead atoms. The van der Waals surface area contributed by atoms with Crippen LogP contribution in [0.25, 0.3) is 0 Å². The van der Waals surface area contributed by atoms with Crippen LogP contribution in [0.4, 0.5) is 0 Å². The van der Waals surface area contributed by atoms with E-state index in [9.17, 15) is 4.79 Å². The van der Waals surface area contributed by atoms with Crippen LogP contribution in [0.3, 0.4) is 0 Å². The molecule has 1 unspecified atom stereocenters. The maximum atomic E-state index is 11.3. The van der Waals surface area contributed by atoms with E-state index in [4.69, 9.17) is 4.74 Å². The number of rotatable bonds is 13. The topological polar surface area (TPSA) is 26.3 Å². The Kier molecular flexibility index (Phi) is 12.7. The number of hydrogen-bond acceptors (Lipinski definition) is 2. The van der Waals surface area contributed by atoms with Crippen molar-refractivity contribution in [2.45, 2.75) is 85.0 Å². The Morgan fingerprint density at radius 3 is 2.15 bits per heavy atom. The lowest BCUT2D eigenvalue weighted by molar-refractivity contribution is -0.139. The molecular formula is C18H34O2. The van der Waals surface area contributed by atoms with Crippen LogP contribution in [-0.2, 0) is 9.53 Å². The highest BCUT2D eigenvalue weighted by Gasteiger charge is 2.09. The molecule has 0 rings (SSSR count). The number of hydrogen-bond donors (Lipinski definition) is 0. The highest BCUT2D eigenvalue weighted by Crippen LogP contribution is 2.22. The van der Waals surface area contributed by atoms with Gasteiger partial charge >= 0.3 is 5.97 Å². The maximum Gasteiger partial charge on any atom is 0.333 e. The van der Waals surface area contributed by atoms with Crippen LogP contribution in [0, 0.1) is 5.92 Å². The molecule has 2 nitrogen and oxygen atoms in total. The summed E-state index contributed by atoms with van der Waals surface area (Å²) in [7, 11) is 0. The molecule has 0 saturated carbocycles. The minimum atomic E-state index is -0.252. The average molecular weight is 282 g/mol. The summed E-state index contributed by atoms with van der Waals surface area (Å²) < 4.78 is 5.16. The molecule has 0 amide bonds. The first-order valence-electron chi connectivity index (χ1n) is 8.44. The first-order valence-corrected chi connectivity index (χ1v) is 8.44. The smallest absolute Gasteiger partial charge is 0.333 e. The second-order valence-corrected chi connectivity index (χ2v) is 5.92. The summed E-state index contributed by atoms with van der Waals surface area (Å²) in [5, 5.41) is 0. The van der Waals surface area contributed by atoms with Crippen molar-refractivity contribution in [2.75, 3.05) is 6.61 Å². The molecular weight excluding hydrogens is 248 g/mol. The Bertz CT molecular complexity index is 258. The van der Waals surface area contributed by atoms with Crippen molar-refractivity contribution < 1.29 is 9.53 Å². The molecule has 0 aromatic carbocycles. The van der Waals surface area contributed by atoms with Gasteiger partial charge in [-0.05, 0) is 25.7 Å². The van der Waals surface area contributed by atoms with E-state index in [-0.39, 0.29) is 5.97 Å². The van der Waals surface area contributed by atoms with E-state index in [1.165, 1.54) is 57.8 Å². The molecule has 2 heteroatoms. The molecule has 1 atom stereocenters. The molecule has 0 N–H and O–H groups in total. The van der Waals surface area contributed by atoms with Gasteiger partial charge in [-0.25, -0.2) is 4.79 Å². The molecule has 0 spiro atoms. The van der Waals surface area contributed by atoms with E-state index in [2.05, 4.69) is 20.4 Å². The van der Waals surface area contributed by atoms with Gasteiger partial charge in [-0.3, -0.25) is 0 Å². The summed E-state index contributed by atoms with van der Waals surface area (Å²) >= 11 is 0. The third-order valence-electron chi connectivity index (χ3n) is 3.77. The Labute approximate surface area is 126 Å². The van der Waals surface area contributed by atoms with E-state index < -0.39 is 0 Å². The van der Waals surface area contributed by atoms with Gasteiger partial charge in [0.1, 0.15) is 0 Å². The average Bonchev–Trinajstić information content (AvgIpc) is 2.43. The Hall–Kier alpha value is -0.790. The fraction of sp³-hybridized carbons (Fsp3) is 0.833. The van der Waals surface area contributed by atoms with Crippen molar-refractivity contribution in [1.82, 2.24) is 0 Å². The summed E-state index contributed by atoms with van der Waals surface area (Å²) in [5.74, 6) is 0.563. The molecule has 0 radical (unpaired) electrons. The number of unbranched alkanes of at least 4 members (excludes halogenated alkanes) is 4. The van der Waals surface area contributed by atoms with Crippen LogP contribution >= 0.6 is 0 Å². The number of esters is 1. The van der Waals surface area contributed by atoms with E-state index in [0.717, 1.165) is 12.3 Å². The fourth-order valence-electron chi connectivity index (χ4n) is 2.45. The fourth-order valence-corrected chi connectivity index (χ4v) is 2.45. The van der Waals surface area contributed by atoms with Crippen LogP contribution in [0.15, 0.2) is 12.2 Å². The lowest BCUT2D eigenvalue weighted by atomic mass is 9.91. The first-order chi connectivity index (χ1) is 9.61. The van der Waals surface area contributed by atoms with Gasteiger partial charge in [-0.15, -0.1) is 0 Å². The van der Waals surface area contributed by atoms with Crippen molar-refractivity contribution in [2.24, 2.45) is 5.92 Å². The van der Waals surface area contributed by atoms with Crippen molar-refractivity contribution in [1.29, 1.82) is 0 Å². The third-order valence-corrected chi connectivity index (χ3v) is 3.77. The molecule has 0 aromatic heterocycles. The number of carbonyl (C=O) groups excluding carboxylic acids is 1. The van der Waals surface area contributed by atoms with Crippen LogP contribution in [0.5, 0.6) is 0 Å². The quantitative estimate of drug-likeness (QED) is 0.247. The van der Waals surface area contributed by atoms with Crippen molar-refractivity contribution >= 4 is 5.97 Å². The molecule has 0 heterocycles. The van der Waals surface area contributed by atoms with Crippen molar-refractivity contribution in [3.63, 3.8) is 0 Å². The lowest BCUT2D eigenvalue weighted by Crippen LogP contribution is -2.08. The number of carbonyl (C=O) groups is 1. The molecule has 0 fully saturated rings. The van der Waals surface area contributed by atoms with Gasteiger partial charge in [0, 0.05) is 5.57 Å². The van der Waals surface area contributed by atoms with Gasteiger partial charge in [0.15, 0.2) is 0 Å². The monoisotopic (exact) mass is 282 g/mol. The first kappa shape index (κ1) is 19.2. The summed E-state index contributed by atoms with van der Waals surface area (Å²) in [4.78, 5) is 11.3. The standard InChI is InChI=1S/C18H34O2/c1-5-7-9-10-13-17(12-8-6-2)14-11-15-20-18(19)16(3)4/h17H,3,5-15H2,1-2,4H3. The van der Waals surface area contributed by atoms with Crippen LogP contribution in [0.2, 0.25) is 0 Å². The predicted molar refractivity (Wildman–Crippen MR) is 86.8 cm³/mol. The molecule has 0 aromatic rings. The maximum absolute atomic E-state index is 11.3. The van der Waals surface area contributed by atoms with Gasteiger partial charge in [-0.1, -0.05) is 71.8 Å². The minimum Gasteiger partial charge on any atom is -0.462 e. The molecule has 0 aliphatic heterocycles. The van der Waals surface area contributed by atoms with Crippen LogP contribution < -0.4 is 0 Å². The van der Waals surface area contributed by atoms with Crippen molar-refractivity contribution in [3.05, 3.63) is 12.2 Å². The largest absolute Gasteiger partial charge is 0.462 e. The Morgan fingerprint density at radius 2 is 1.55 bits per heavy atom. The summed E-state index contributed by atoms with van der Waals surface area (Å²) in [6.45, 7) is 10.3. The molecule has 0 aliphatic rings. The van der Waals surface area contributed by atoms with E-state index >= 15 is 0 Å². The highest BCUT2D eigenvalue weighted by molar-refractivity contribution is 5.86. The Balaban J connectivity index is 3.79. The van der Waals surface area contributed by atoms with Gasteiger partial charge in [-0.2, -0.15) is 0 Å². The lowest BCUT2D eigenvalue weighted by Gasteiger charge is -2.16. The number of ether oxygens (including phenoxy) is 1. The zero-order chi connectivity index (χ0) is 15.2. The molecule has 118 valence electrons. The van der Waals surface area contributed by atoms with E-state index in [0.29, 0.717) is 12.2 Å². The van der Waals surface area contributed by atoms with Crippen LogP contribution in [-0.4, -0.2) is 12.6 Å².